The van der Waals surface area contributed by atoms with E-state index in [9.17, 15) is 4.79 Å². The van der Waals surface area contributed by atoms with E-state index in [0.717, 1.165) is 5.25 Å². The normalized spacial score (nSPS) is 25.7. The SMILES string of the molecule is COCCNC(=O)C(C)NC1CCC(SC)CC1. The Morgan fingerprint density at radius 2 is 2.06 bits per heavy atom. The van der Waals surface area contributed by atoms with Gasteiger partial charge in [0.05, 0.1) is 12.6 Å². The Kier molecular flexibility index (Phi) is 7.70. The minimum Gasteiger partial charge on any atom is -0.383 e. The van der Waals surface area contributed by atoms with Crippen LogP contribution in [0.1, 0.15) is 32.6 Å². The van der Waals surface area contributed by atoms with Crippen molar-refractivity contribution in [3.63, 3.8) is 0 Å². The second-order valence-electron chi connectivity index (χ2n) is 4.88. The first-order valence-corrected chi connectivity index (χ1v) is 8.01. The Labute approximate surface area is 115 Å². The number of amides is 1. The molecule has 1 atom stereocenters. The monoisotopic (exact) mass is 274 g/mol. The molecule has 4 nitrogen and oxygen atoms in total. The Balaban J connectivity index is 2.19. The first-order valence-electron chi connectivity index (χ1n) is 6.72. The van der Waals surface area contributed by atoms with Crippen molar-refractivity contribution in [1.29, 1.82) is 0 Å². The molecule has 18 heavy (non-hydrogen) atoms. The molecule has 1 saturated carbocycles. The van der Waals surface area contributed by atoms with Crippen LogP contribution in [0.4, 0.5) is 0 Å². The van der Waals surface area contributed by atoms with Crippen LogP contribution in [0.3, 0.4) is 0 Å². The second kappa shape index (κ2) is 8.77. The van der Waals surface area contributed by atoms with Gasteiger partial charge in [-0.05, 0) is 38.9 Å². The number of rotatable bonds is 7. The number of carbonyl (C=O) groups is 1. The van der Waals surface area contributed by atoms with Gasteiger partial charge in [-0.2, -0.15) is 11.8 Å². The maximum atomic E-state index is 11.8. The molecule has 0 aromatic rings. The minimum atomic E-state index is -0.113. The van der Waals surface area contributed by atoms with Gasteiger partial charge in [-0.15, -0.1) is 0 Å². The van der Waals surface area contributed by atoms with Crippen LogP contribution >= 0.6 is 11.8 Å². The Hall–Kier alpha value is -0.260. The predicted molar refractivity (Wildman–Crippen MR) is 77.0 cm³/mol. The van der Waals surface area contributed by atoms with E-state index in [0.29, 0.717) is 19.2 Å². The van der Waals surface area contributed by atoms with Gasteiger partial charge in [-0.1, -0.05) is 0 Å². The molecule has 1 aliphatic carbocycles. The number of hydrogen-bond acceptors (Lipinski definition) is 4. The van der Waals surface area contributed by atoms with Crippen molar-refractivity contribution in [2.75, 3.05) is 26.5 Å². The lowest BCUT2D eigenvalue weighted by Gasteiger charge is -2.30. The van der Waals surface area contributed by atoms with Crippen LogP contribution in [0, 0.1) is 0 Å². The predicted octanol–water partition coefficient (Wildman–Crippen LogP) is 1.40. The number of nitrogens with one attached hydrogen (secondary N) is 2. The fraction of sp³-hybridized carbons (Fsp3) is 0.923. The summed E-state index contributed by atoms with van der Waals surface area (Å²) in [5, 5.41) is 7.10. The van der Waals surface area contributed by atoms with Crippen LogP contribution in [0.25, 0.3) is 0 Å². The van der Waals surface area contributed by atoms with Gasteiger partial charge in [0.25, 0.3) is 0 Å². The highest BCUT2D eigenvalue weighted by molar-refractivity contribution is 7.99. The van der Waals surface area contributed by atoms with E-state index in [1.54, 1.807) is 7.11 Å². The highest BCUT2D eigenvalue weighted by Gasteiger charge is 2.23. The van der Waals surface area contributed by atoms with Crippen LogP contribution in [0.2, 0.25) is 0 Å². The molecule has 0 saturated heterocycles. The van der Waals surface area contributed by atoms with Gasteiger partial charge in [0.2, 0.25) is 5.91 Å². The van der Waals surface area contributed by atoms with Gasteiger partial charge in [0.1, 0.15) is 0 Å². The summed E-state index contributed by atoms with van der Waals surface area (Å²) < 4.78 is 4.91. The molecule has 0 aromatic carbocycles. The lowest BCUT2D eigenvalue weighted by molar-refractivity contribution is -0.123. The van der Waals surface area contributed by atoms with Crippen molar-refractivity contribution in [3.8, 4) is 0 Å². The van der Waals surface area contributed by atoms with E-state index < -0.39 is 0 Å². The molecule has 0 spiro atoms. The van der Waals surface area contributed by atoms with Crippen molar-refractivity contribution in [3.05, 3.63) is 0 Å². The fourth-order valence-corrected chi connectivity index (χ4v) is 3.07. The van der Waals surface area contributed by atoms with Gasteiger partial charge < -0.3 is 15.4 Å². The number of hydrogen-bond donors (Lipinski definition) is 2. The third kappa shape index (κ3) is 5.59. The number of thioether (sulfide) groups is 1. The summed E-state index contributed by atoms with van der Waals surface area (Å²) in [4.78, 5) is 11.8. The molecule has 1 fully saturated rings. The third-order valence-corrected chi connectivity index (χ3v) is 4.63. The van der Waals surface area contributed by atoms with Gasteiger partial charge in [-0.25, -0.2) is 0 Å². The smallest absolute Gasteiger partial charge is 0.236 e. The largest absolute Gasteiger partial charge is 0.383 e. The Morgan fingerprint density at radius 3 is 2.61 bits per heavy atom. The molecule has 5 heteroatoms. The van der Waals surface area contributed by atoms with Crippen molar-refractivity contribution >= 4 is 17.7 Å². The molecule has 0 bridgehead atoms. The van der Waals surface area contributed by atoms with E-state index in [2.05, 4.69) is 16.9 Å². The number of ether oxygens (including phenoxy) is 1. The minimum absolute atomic E-state index is 0.0686. The van der Waals surface area contributed by atoms with Gasteiger partial charge >= 0.3 is 0 Å². The van der Waals surface area contributed by atoms with Crippen molar-refractivity contribution < 1.29 is 9.53 Å². The third-order valence-electron chi connectivity index (χ3n) is 3.49. The van der Waals surface area contributed by atoms with Crippen LogP contribution in [0.15, 0.2) is 0 Å². The molecule has 1 unspecified atom stereocenters. The van der Waals surface area contributed by atoms with Crippen LogP contribution < -0.4 is 10.6 Å². The molecule has 1 aliphatic rings. The molecule has 1 rings (SSSR count). The second-order valence-corrected chi connectivity index (χ2v) is 6.02. The zero-order valence-corrected chi connectivity index (χ0v) is 12.5. The van der Waals surface area contributed by atoms with E-state index in [1.807, 2.05) is 18.7 Å². The van der Waals surface area contributed by atoms with Crippen molar-refractivity contribution in [1.82, 2.24) is 10.6 Å². The Bertz CT molecular complexity index is 243. The molecular weight excluding hydrogens is 248 g/mol. The average Bonchev–Trinajstić information content (AvgIpc) is 2.39. The zero-order valence-electron chi connectivity index (χ0n) is 11.7. The molecule has 0 radical (unpaired) electrons. The topological polar surface area (TPSA) is 50.4 Å². The van der Waals surface area contributed by atoms with Gasteiger partial charge in [0, 0.05) is 24.9 Å². The van der Waals surface area contributed by atoms with E-state index in [-0.39, 0.29) is 11.9 Å². The van der Waals surface area contributed by atoms with Crippen LogP contribution in [-0.2, 0) is 9.53 Å². The fourth-order valence-electron chi connectivity index (χ4n) is 2.32. The summed E-state index contributed by atoms with van der Waals surface area (Å²) in [5.74, 6) is 0.0686. The maximum absolute atomic E-state index is 11.8. The molecular formula is C13H26N2O2S. The zero-order chi connectivity index (χ0) is 13.4. The van der Waals surface area contributed by atoms with Crippen molar-refractivity contribution in [2.45, 2.75) is 49.9 Å². The van der Waals surface area contributed by atoms with Gasteiger partial charge in [0.15, 0.2) is 0 Å². The van der Waals surface area contributed by atoms with E-state index in [4.69, 9.17) is 4.74 Å². The highest BCUT2D eigenvalue weighted by atomic mass is 32.2. The standard InChI is InChI=1S/C13H26N2O2S/c1-10(13(16)14-8-9-17-2)15-11-4-6-12(18-3)7-5-11/h10-12,15H,4-9H2,1-3H3,(H,14,16). The van der Waals surface area contributed by atoms with Gasteiger partial charge in [-0.3, -0.25) is 4.79 Å². The molecule has 1 amide bonds. The maximum Gasteiger partial charge on any atom is 0.236 e. The average molecular weight is 274 g/mol. The first kappa shape index (κ1) is 15.8. The first-order chi connectivity index (χ1) is 8.67. The number of methoxy groups -OCH3 is 1. The van der Waals surface area contributed by atoms with Crippen LogP contribution in [-0.4, -0.2) is 49.8 Å². The van der Waals surface area contributed by atoms with Crippen molar-refractivity contribution in [2.24, 2.45) is 0 Å². The molecule has 106 valence electrons. The summed E-state index contributed by atoms with van der Waals surface area (Å²) in [6, 6.07) is 0.384. The molecule has 0 aromatic heterocycles. The molecule has 0 heterocycles. The lowest BCUT2D eigenvalue weighted by atomic mass is 9.94. The summed E-state index contributed by atoms with van der Waals surface area (Å²) in [6.07, 6.45) is 7.07. The Morgan fingerprint density at radius 1 is 1.39 bits per heavy atom. The van der Waals surface area contributed by atoms with Crippen LogP contribution in [0.5, 0.6) is 0 Å². The highest BCUT2D eigenvalue weighted by Crippen LogP contribution is 2.26. The lowest BCUT2D eigenvalue weighted by Crippen LogP contribution is -2.48. The quantitative estimate of drug-likeness (QED) is 0.689. The summed E-state index contributed by atoms with van der Waals surface area (Å²) in [5.41, 5.74) is 0. The number of carbonyl (C=O) groups excluding carboxylic acids is 1. The summed E-state index contributed by atoms with van der Waals surface area (Å²) in [7, 11) is 1.64. The summed E-state index contributed by atoms with van der Waals surface area (Å²) in [6.45, 7) is 3.08. The molecule has 0 aliphatic heterocycles. The molecule has 2 N–H and O–H groups in total. The summed E-state index contributed by atoms with van der Waals surface area (Å²) >= 11 is 1.97. The van der Waals surface area contributed by atoms with E-state index in [1.165, 1.54) is 25.7 Å². The van der Waals surface area contributed by atoms with E-state index >= 15 is 0 Å².